The Morgan fingerprint density at radius 1 is 1.06 bits per heavy atom. The summed E-state index contributed by atoms with van der Waals surface area (Å²) < 4.78 is 32.4. The van der Waals surface area contributed by atoms with Crippen molar-refractivity contribution in [3.8, 4) is 0 Å². The van der Waals surface area contributed by atoms with E-state index in [2.05, 4.69) is 15.3 Å². The third kappa shape index (κ3) is 5.00. The summed E-state index contributed by atoms with van der Waals surface area (Å²) in [4.78, 5) is 23.2. The fraction of sp³-hybridized carbons (Fsp3) is 0.318. The lowest BCUT2D eigenvalue weighted by Gasteiger charge is -2.34. The smallest absolute Gasteiger partial charge is 0.349 e. The van der Waals surface area contributed by atoms with Gasteiger partial charge in [0.25, 0.3) is 0 Å². The van der Waals surface area contributed by atoms with Crippen LogP contribution in [0.3, 0.4) is 0 Å². The predicted molar refractivity (Wildman–Crippen MR) is 128 cm³/mol. The van der Waals surface area contributed by atoms with Crippen LogP contribution in [0.15, 0.2) is 46.7 Å². The van der Waals surface area contributed by atoms with Gasteiger partial charge in [0.05, 0.1) is 7.11 Å². The van der Waals surface area contributed by atoms with Crippen LogP contribution in [0.25, 0.3) is 0 Å². The molecule has 0 aliphatic carbocycles. The zero-order valence-corrected chi connectivity index (χ0v) is 20.2. The van der Waals surface area contributed by atoms with Crippen LogP contribution in [0.4, 0.5) is 17.5 Å². The van der Waals surface area contributed by atoms with E-state index in [1.807, 2.05) is 49.1 Å². The molecule has 0 saturated carbocycles. The number of anilines is 3. The van der Waals surface area contributed by atoms with E-state index in [0.717, 1.165) is 28.5 Å². The molecule has 11 heteroatoms. The molecule has 0 atom stereocenters. The first-order chi connectivity index (χ1) is 15.8. The number of carbonyl (C=O) groups is 1. The van der Waals surface area contributed by atoms with Crippen molar-refractivity contribution in [3.05, 3.63) is 57.9 Å². The molecule has 3 heterocycles. The molecule has 1 N–H and O–H groups in total. The van der Waals surface area contributed by atoms with Crippen molar-refractivity contribution < 1.29 is 17.9 Å². The van der Waals surface area contributed by atoms with Crippen LogP contribution >= 0.6 is 11.3 Å². The van der Waals surface area contributed by atoms with Gasteiger partial charge in [0.15, 0.2) is 0 Å². The van der Waals surface area contributed by atoms with E-state index in [0.29, 0.717) is 19.0 Å². The molecular weight excluding hydrogens is 462 g/mol. The largest absolute Gasteiger partial charge is 0.465 e. The standard InChI is InChI=1S/C22H25N5O4S2/c1-15-4-6-17(7-5-15)24-22-23-16(2)14-19(25-22)26-9-11-27(12-10-26)33(29,30)18-8-13-32-20(18)21(28)31-3/h4-8,13-14H,9-12H2,1-3H3,(H,23,24,25). The van der Waals surface area contributed by atoms with Crippen LogP contribution < -0.4 is 10.2 Å². The number of esters is 1. The maximum Gasteiger partial charge on any atom is 0.349 e. The Bertz CT molecular complexity index is 1250. The average Bonchev–Trinajstić information content (AvgIpc) is 3.31. The minimum atomic E-state index is -3.80. The predicted octanol–water partition coefficient (Wildman–Crippen LogP) is 3.20. The molecule has 2 aromatic heterocycles. The minimum absolute atomic E-state index is 0.00438. The third-order valence-electron chi connectivity index (χ3n) is 5.33. The van der Waals surface area contributed by atoms with Gasteiger partial charge in [0, 0.05) is 43.6 Å². The Morgan fingerprint density at radius 2 is 1.76 bits per heavy atom. The second kappa shape index (κ2) is 9.46. The van der Waals surface area contributed by atoms with Crippen LogP contribution in [-0.2, 0) is 14.8 Å². The van der Waals surface area contributed by atoms with E-state index < -0.39 is 16.0 Å². The monoisotopic (exact) mass is 487 g/mol. The van der Waals surface area contributed by atoms with Crippen LogP contribution in [0.5, 0.6) is 0 Å². The number of piperazine rings is 1. The van der Waals surface area contributed by atoms with E-state index in [4.69, 9.17) is 4.74 Å². The van der Waals surface area contributed by atoms with Crippen molar-refractivity contribution in [2.45, 2.75) is 18.7 Å². The molecule has 9 nitrogen and oxygen atoms in total. The lowest BCUT2D eigenvalue weighted by atomic mass is 10.2. The Kier molecular flexibility index (Phi) is 6.63. The zero-order chi connectivity index (χ0) is 23.6. The summed E-state index contributed by atoms with van der Waals surface area (Å²) in [6.45, 7) is 5.43. The first-order valence-electron chi connectivity index (χ1n) is 10.4. The summed E-state index contributed by atoms with van der Waals surface area (Å²) in [7, 11) is -2.56. The van der Waals surface area contributed by atoms with E-state index >= 15 is 0 Å². The number of hydrogen-bond donors (Lipinski definition) is 1. The first-order valence-corrected chi connectivity index (χ1v) is 12.7. The fourth-order valence-corrected chi connectivity index (χ4v) is 6.30. The number of ether oxygens (including phenoxy) is 1. The van der Waals surface area contributed by atoms with Crippen molar-refractivity contribution in [1.29, 1.82) is 0 Å². The van der Waals surface area contributed by atoms with E-state index in [9.17, 15) is 13.2 Å². The minimum Gasteiger partial charge on any atom is -0.465 e. The summed E-state index contributed by atoms with van der Waals surface area (Å²) in [5.41, 5.74) is 2.87. The van der Waals surface area contributed by atoms with Gasteiger partial charge in [-0.05, 0) is 37.4 Å². The van der Waals surface area contributed by atoms with E-state index in [1.54, 1.807) is 5.38 Å². The molecule has 0 unspecified atom stereocenters. The lowest BCUT2D eigenvalue weighted by molar-refractivity contribution is 0.0602. The third-order valence-corrected chi connectivity index (χ3v) is 8.29. The molecule has 1 aromatic carbocycles. The molecular formula is C22H25N5O4S2. The molecule has 1 aliphatic rings. The molecule has 1 fully saturated rings. The highest BCUT2D eigenvalue weighted by atomic mass is 32.2. The second-order valence-corrected chi connectivity index (χ2v) is 10.5. The number of rotatable bonds is 6. The number of methoxy groups -OCH3 is 1. The van der Waals surface area contributed by atoms with Crippen molar-refractivity contribution in [1.82, 2.24) is 14.3 Å². The van der Waals surface area contributed by atoms with Crippen LogP contribution in [0.2, 0.25) is 0 Å². The highest BCUT2D eigenvalue weighted by Gasteiger charge is 2.33. The Morgan fingerprint density at radius 3 is 2.42 bits per heavy atom. The topological polar surface area (TPSA) is 105 Å². The van der Waals surface area contributed by atoms with Crippen molar-refractivity contribution in [3.63, 3.8) is 0 Å². The van der Waals surface area contributed by atoms with Gasteiger partial charge in [-0.3, -0.25) is 0 Å². The summed E-state index contributed by atoms with van der Waals surface area (Å²) in [6, 6.07) is 11.3. The number of sulfonamides is 1. The highest BCUT2D eigenvalue weighted by molar-refractivity contribution is 7.89. The van der Waals surface area contributed by atoms with Gasteiger partial charge >= 0.3 is 5.97 Å². The number of hydrogen-bond acceptors (Lipinski definition) is 9. The van der Waals surface area contributed by atoms with Gasteiger partial charge in [-0.1, -0.05) is 17.7 Å². The Labute approximate surface area is 197 Å². The van der Waals surface area contributed by atoms with Crippen molar-refractivity contribution in [2.24, 2.45) is 0 Å². The molecule has 4 rings (SSSR count). The fourth-order valence-electron chi connectivity index (χ4n) is 3.57. The SMILES string of the molecule is COC(=O)c1sccc1S(=O)(=O)N1CCN(c2cc(C)nc(Nc3ccc(C)cc3)n2)CC1. The summed E-state index contributed by atoms with van der Waals surface area (Å²) in [6.07, 6.45) is 0. The van der Waals surface area contributed by atoms with Crippen LogP contribution in [0.1, 0.15) is 20.9 Å². The van der Waals surface area contributed by atoms with E-state index in [-0.39, 0.29) is 22.9 Å². The van der Waals surface area contributed by atoms with Gasteiger partial charge in [-0.2, -0.15) is 9.29 Å². The molecule has 1 aliphatic heterocycles. The highest BCUT2D eigenvalue weighted by Crippen LogP contribution is 2.27. The van der Waals surface area contributed by atoms with Crippen LogP contribution in [-0.4, -0.2) is 61.9 Å². The molecule has 174 valence electrons. The summed E-state index contributed by atoms with van der Waals surface area (Å²) in [5, 5.41) is 4.81. The number of aryl methyl sites for hydroxylation is 2. The van der Waals surface area contributed by atoms with Gasteiger partial charge in [0.2, 0.25) is 16.0 Å². The van der Waals surface area contributed by atoms with Crippen molar-refractivity contribution in [2.75, 3.05) is 43.5 Å². The maximum absolute atomic E-state index is 13.1. The second-order valence-electron chi connectivity index (χ2n) is 7.68. The Hall–Kier alpha value is -3.02. The van der Waals surface area contributed by atoms with Gasteiger partial charge in [-0.15, -0.1) is 11.3 Å². The van der Waals surface area contributed by atoms with E-state index in [1.165, 1.54) is 23.0 Å². The molecule has 0 radical (unpaired) electrons. The number of aromatic nitrogens is 2. The van der Waals surface area contributed by atoms with Gasteiger partial charge in [-0.25, -0.2) is 18.2 Å². The van der Waals surface area contributed by atoms with Gasteiger partial charge < -0.3 is 15.0 Å². The number of thiophene rings is 1. The zero-order valence-electron chi connectivity index (χ0n) is 18.6. The number of benzene rings is 1. The molecule has 0 amide bonds. The molecule has 0 spiro atoms. The summed E-state index contributed by atoms with van der Waals surface area (Å²) in [5.74, 6) is 0.581. The molecule has 3 aromatic rings. The number of nitrogens with one attached hydrogen (secondary N) is 1. The number of nitrogens with zero attached hydrogens (tertiary/aromatic N) is 4. The maximum atomic E-state index is 13.1. The lowest BCUT2D eigenvalue weighted by Crippen LogP contribution is -2.49. The number of carbonyl (C=O) groups excluding carboxylic acids is 1. The Balaban J connectivity index is 1.48. The normalized spacial score (nSPS) is 14.8. The van der Waals surface area contributed by atoms with Crippen molar-refractivity contribution >= 4 is 44.8 Å². The average molecular weight is 488 g/mol. The first kappa shape index (κ1) is 23.1. The molecule has 1 saturated heterocycles. The summed E-state index contributed by atoms with van der Waals surface area (Å²) >= 11 is 1.06. The quantitative estimate of drug-likeness (QED) is 0.529. The molecule has 33 heavy (non-hydrogen) atoms. The van der Waals surface area contributed by atoms with Crippen LogP contribution in [0, 0.1) is 13.8 Å². The van der Waals surface area contributed by atoms with Gasteiger partial charge in [0.1, 0.15) is 15.6 Å². The molecule has 0 bridgehead atoms.